The molecule has 0 aliphatic carbocycles. The van der Waals surface area contributed by atoms with Gasteiger partial charge in [0.25, 0.3) is 0 Å². The standard InChI is InChI=1S/C25H19BCl8O2/c1-24(2)25(3,4)36-26(35-24)11-5-14(29)20(15(30)6-11)23(21-16(31)7-12(27)8-17(21)32)22-18(33)9-13(28)10-19(22)34/h5-10,23H,1-4H3. The molecular weight excluding hydrogens is 627 g/mol. The minimum atomic E-state index is -0.744. The largest absolute Gasteiger partial charge is 0.494 e. The minimum Gasteiger partial charge on any atom is -0.399 e. The third kappa shape index (κ3) is 5.36. The molecule has 0 N–H and O–H groups in total. The van der Waals surface area contributed by atoms with Crippen LogP contribution in [0.1, 0.15) is 50.3 Å². The molecule has 11 heteroatoms. The summed E-state index contributed by atoms with van der Waals surface area (Å²) in [5, 5.41) is 2.55. The zero-order valence-corrected chi connectivity index (χ0v) is 25.5. The molecule has 0 atom stereocenters. The molecule has 2 nitrogen and oxygen atoms in total. The number of rotatable bonds is 4. The van der Waals surface area contributed by atoms with E-state index >= 15 is 0 Å². The first-order valence-electron chi connectivity index (χ1n) is 10.8. The second-order valence-corrected chi connectivity index (χ2v) is 12.8. The van der Waals surface area contributed by atoms with E-state index in [0.29, 0.717) is 62.3 Å². The van der Waals surface area contributed by atoms with E-state index < -0.39 is 24.2 Å². The molecule has 3 aromatic rings. The van der Waals surface area contributed by atoms with E-state index in [1.165, 1.54) is 0 Å². The molecular formula is C25H19BCl8O2. The Morgan fingerprint density at radius 2 is 0.806 bits per heavy atom. The van der Waals surface area contributed by atoms with E-state index in [9.17, 15) is 0 Å². The summed E-state index contributed by atoms with van der Waals surface area (Å²) < 4.78 is 12.4. The monoisotopic (exact) mass is 642 g/mol. The Kier molecular flexibility index (Phi) is 8.45. The average Bonchev–Trinajstić information content (AvgIpc) is 2.92. The maximum Gasteiger partial charge on any atom is 0.494 e. The smallest absolute Gasteiger partial charge is 0.399 e. The van der Waals surface area contributed by atoms with Crippen molar-refractivity contribution < 1.29 is 9.31 Å². The Hall–Kier alpha value is -0.0351. The molecule has 1 saturated heterocycles. The van der Waals surface area contributed by atoms with Crippen LogP contribution in [0.15, 0.2) is 36.4 Å². The topological polar surface area (TPSA) is 18.5 Å². The third-order valence-corrected chi connectivity index (χ3v) is 8.89. The van der Waals surface area contributed by atoms with Gasteiger partial charge < -0.3 is 9.31 Å². The van der Waals surface area contributed by atoms with Gasteiger partial charge in [-0.3, -0.25) is 0 Å². The summed E-state index contributed by atoms with van der Waals surface area (Å²) in [5.74, 6) is -0.744. The van der Waals surface area contributed by atoms with Crippen molar-refractivity contribution in [3.8, 4) is 0 Å². The van der Waals surface area contributed by atoms with Crippen LogP contribution in [0.25, 0.3) is 0 Å². The van der Waals surface area contributed by atoms with Crippen molar-refractivity contribution in [2.45, 2.75) is 44.8 Å². The fourth-order valence-electron chi connectivity index (χ4n) is 4.09. The highest BCUT2D eigenvalue weighted by Crippen LogP contribution is 2.50. The van der Waals surface area contributed by atoms with Gasteiger partial charge >= 0.3 is 7.12 Å². The molecule has 1 heterocycles. The van der Waals surface area contributed by atoms with Crippen LogP contribution in [0.5, 0.6) is 0 Å². The zero-order valence-electron chi connectivity index (χ0n) is 19.5. The molecule has 0 radical (unpaired) electrons. The van der Waals surface area contributed by atoms with Crippen LogP contribution >= 0.6 is 92.8 Å². The maximum atomic E-state index is 6.90. The van der Waals surface area contributed by atoms with Gasteiger partial charge in [0.2, 0.25) is 0 Å². The Morgan fingerprint density at radius 1 is 0.528 bits per heavy atom. The molecule has 1 aliphatic heterocycles. The van der Waals surface area contributed by atoms with Gasteiger partial charge in [0, 0.05) is 62.8 Å². The quantitative estimate of drug-likeness (QED) is 0.208. The molecule has 190 valence electrons. The molecule has 0 unspecified atom stereocenters. The number of halogens is 8. The highest BCUT2D eigenvalue weighted by molar-refractivity contribution is 6.63. The van der Waals surface area contributed by atoms with E-state index in [-0.39, 0.29) is 0 Å². The first kappa shape index (κ1) is 29.0. The van der Waals surface area contributed by atoms with Gasteiger partial charge in [-0.1, -0.05) is 92.8 Å². The van der Waals surface area contributed by atoms with Crippen LogP contribution < -0.4 is 5.46 Å². The van der Waals surface area contributed by atoms with E-state index in [4.69, 9.17) is 102 Å². The summed E-state index contributed by atoms with van der Waals surface area (Å²) in [6, 6.07) is 9.80. The lowest BCUT2D eigenvalue weighted by atomic mass is 9.77. The van der Waals surface area contributed by atoms with Crippen LogP contribution in [0, 0.1) is 0 Å². The summed E-state index contributed by atoms with van der Waals surface area (Å²) in [7, 11) is -0.664. The Labute approximate surface area is 251 Å². The highest BCUT2D eigenvalue weighted by atomic mass is 35.5. The number of hydrogen-bond acceptors (Lipinski definition) is 2. The lowest BCUT2D eigenvalue weighted by molar-refractivity contribution is 0.00578. The SMILES string of the molecule is CC1(C)OB(c2cc(Cl)c(C(c3c(Cl)cc(Cl)cc3Cl)c3c(Cl)cc(Cl)cc3Cl)c(Cl)c2)OC1(C)C. The third-order valence-electron chi connectivity index (χ3n) is 6.58. The Morgan fingerprint density at radius 3 is 1.11 bits per heavy atom. The molecule has 36 heavy (non-hydrogen) atoms. The van der Waals surface area contributed by atoms with Crippen LogP contribution in [0.3, 0.4) is 0 Å². The average molecular weight is 646 g/mol. The highest BCUT2D eigenvalue weighted by Gasteiger charge is 2.52. The molecule has 1 aliphatic rings. The van der Waals surface area contributed by atoms with Crippen molar-refractivity contribution >= 4 is 105 Å². The molecule has 0 amide bonds. The van der Waals surface area contributed by atoms with Crippen molar-refractivity contribution in [1.29, 1.82) is 0 Å². The zero-order chi connectivity index (χ0) is 26.7. The summed E-state index contributed by atoms with van der Waals surface area (Å²) in [6.45, 7) is 7.87. The van der Waals surface area contributed by atoms with Crippen molar-refractivity contribution in [3.63, 3.8) is 0 Å². The number of benzene rings is 3. The van der Waals surface area contributed by atoms with Gasteiger partial charge in [-0.05, 0) is 69.6 Å². The van der Waals surface area contributed by atoms with Gasteiger partial charge in [0.05, 0.1) is 11.2 Å². The molecule has 0 saturated carbocycles. The predicted molar refractivity (Wildman–Crippen MR) is 156 cm³/mol. The second kappa shape index (κ2) is 10.5. The van der Waals surface area contributed by atoms with Crippen molar-refractivity contribution in [2.24, 2.45) is 0 Å². The predicted octanol–water partition coefficient (Wildman–Crippen LogP) is 10.4. The Bertz CT molecular complexity index is 1220. The van der Waals surface area contributed by atoms with Crippen LogP contribution in [-0.4, -0.2) is 18.3 Å². The van der Waals surface area contributed by atoms with Gasteiger partial charge in [-0.25, -0.2) is 0 Å². The van der Waals surface area contributed by atoms with E-state index in [0.717, 1.165) is 0 Å². The Balaban J connectivity index is 1.95. The second-order valence-electron chi connectivity index (χ2n) is 9.49. The van der Waals surface area contributed by atoms with Crippen LogP contribution in [-0.2, 0) is 9.31 Å². The number of hydrogen-bond donors (Lipinski definition) is 0. The fourth-order valence-corrected chi connectivity index (χ4v) is 6.88. The minimum absolute atomic E-state index is 0.293. The molecule has 0 spiro atoms. The molecule has 4 rings (SSSR count). The normalized spacial score (nSPS) is 16.8. The van der Waals surface area contributed by atoms with Crippen molar-refractivity contribution in [2.75, 3.05) is 0 Å². The first-order chi connectivity index (χ1) is 16.6. The van der Waals surface area contributed by atoms with E-state index in [1.54, 1.807) is 36.4 Å². The van der Waals surface area contributed by atoms with Crippen molar-refractivity contribution in [1.82, 2.24) is 0 Å². The lowest BCUT2D eigenvalue weighted by Gasteiger charge is -2.32. The van der Waals surface area contributed by atoms with Gasteiger partial charge in [0.1, 0.15) is 0 Å². The van der Waals surface area contributed by atoms with Crippen molar-refractivity contribution in [3.05, 3.63) is 93.3 Å². The fraction of sp³-hybridized carbons (Fsp3) is 0.280. The first-order valence-corrected chi connectivity index (χ1v) is 13.8. The van der Waals surface area contributed by atoms with Gasteiger partial charge in [-0.15, -0.1) is 0 Å². The summed E-state index contributed by atoms with van der Waals surface area (Å²) in [5.41, 5.74) is 1.06. The van der Waals surface area contributed by atoms with Gasteiger partial charge in [0.15, 0.2) is 0 Å². The van der Waals surface area contributed by atoms with Crippen LogP contribution in [0.2, 0.25) is 40.2 Å². The summed E-state index contributed by atoms with van der Waals surface area (Å²) >= 11 is 52.8. The maximum absolute atomic E-state index is 6.90. The van der Waals surface area contributed by atoms with E-state index in [1.807, 2.05) is 27.7 Å². The van der Waals surface area contributed by atoms with Gasteiger partial charge in [-0.2, -0.15) is 0 Å². The molecule has 0 aromatic heterocycles. The molecule has 0 bridgehead atoms. The summed E-state index contributed by atoms with van der Waals surface area (Å²) in [4.78, 5) is 0. The van der Waals surface area contributed by atoms with Crippen LogP contribution in [0.4, 0.5) is 0 Å². The molecule has 1 fully saturated rings. The lowest BCUT2D eigenvalue weighted by Crippen LogP contribution is -2.41. The summed E-state index contributed by atoms with van der Waals surface area (Å²) in [6.07, 6.45) is 0. The molecule has 3 aromatic carbocycles. The van der Waals surface area contributed by atoms with E-state index in [2.05, 4.69) is 0 Å².